The number of carbonyl (C=O) groups is 1. The zero-order chi connectivity index (χ0) is 26.8. The summed E-state index contributed by atoms with van der Waals surface area (Å²) in [6, 6.07) is 0. The zero-order valence-electron chi connectivity index (χ0n) is 22.0. The fourth-order valence-electron chi connectivity index (χ4n) is 2.87. The van der Waals surface area contributed by atoms with Crippen molar-refractivity contribution in [3.63, 3.8) is 0 Å². The van der Waals surface area contributed by atoms with Crippen molar-refractivity contribution in [3.05, 3.63) is 43.8 Å². The molecule has 1 saturated carbocycles. The minimum atomic E-state index is -1.40. The Morgan fingerprint density at radius 3 is 2.00 bits per heavy atom. The molecule has 3 rings (SSSR count). The van der Waals surface area contributed by atoms with Crippen molar-refractivity contribution in [3.8, 4) is 0 Å². The first-order chi connectivity index (χ1) is 16.7. The minimum Gasteiger partial charge on any atom is -0.411 e. The number of ketones is 1. The van der Waals surface area contributed by atoms with Crippen LogP contribution in [0.15, 0.2) is 6.20 Å². The van der Waals surface area contributed by atoms with Crippen LogP contribution in [0.3, 0.4) is 0 Å². The number of carbonyl (C=O) groups excluding carboxylic acids is 1. The van der Waals surface area contributed by atoms with Crippen molar-refractivity contribution in [1.29, 1.82) is 0 Å². The van der Waals surface area contributed by atoms with Crippen LogP contribution < -0.4 is 0 Å². The van der Waals surface area contributed by atoms with Crippen LogP contribution in [0.4, 0.5) is 0 Å². The third kappa shape index (κ3) is 15.3. The summed E-state index contributed by atoms with van der Waals surface area (Å²) in [6.07, 6.45) is -0.0981. The van der Waals surface area contributed by atoms with E-state index in [0.717, 1.165) is 17.3 Å². The number of aliphatic hydroxyl groups is 4. The number of nitrogens with zero attached hydrogens (tertiary/aromatic N) is 1. The molecule has 0 aromatic carbocycles. The van der Waals surface area contributed by atoms with E-state index in [9.17, 15) is 20.1 Å². The molecule has 4 N–H and O–H groups in total. The van der Waals surface area contributed by atoms with Crippen molar-refractivity contribution < 1.29 is 94.6 Å². The summed E-state index contributed by atoms with van der Waals surface area (Å²) in [6.45, 7) is 15.9. The van der Waals surface area contributed by atoms with Gasteiger partial charge in [-0.2, -0.15) is 12.8 Å². The number of Topliss-reactive ketones (excluding diaryl/α,β-unsaturated/α-hetero) is 1. The SMILES string of the molecule is [2H]C.[CH2-]C(=O)c1cnc(CC2OC(CO)C(O)C(O)C2O)s1.[CH2-]C1CCC1.[CH2-]COCCOC[CH2-].[W+2].[Y]. The van der Waals surface area contributed by atoms with Gasteiger partial charge in [0.25, 0.3) is 0 Å². The van der Waals surface area contributed by atoms with E-state index >= 15 is 0 Å². The predicted octanol–water partition coefficient (Wildman–Crippen LogP) is 1.48. The standard InChI is InChI=1S/C12H16NO6S.C6H12O2.C5H9.CH4.W.Y/c1-5(15)8-3-13-9(20-8)2-6-10(16)12(18)11(17)7(4-14)19-6;1-3-7-5-6-8-4-2;1-5-3-2-4-5;;;/h3,6-7,10-12,14,16-18H,1-2,4H2;1-6H2;5H,1-4H2;1H4;;/q-1;-2;-1;;+2;/i;;;1D;;. The number of hydrogen-bond acceptors (Lipinski definition) is 10. The summed E-state index contributed by atoms with van der Waals surface area (Å²) in [5.41, 5.74) is 0. The van der Waals surface area contributed by atoms with E-state index in [2.05, 4.69) is 32.7 Å². The van der Waals surface area contributed by atoms with E-state index in [0.29, 0.717) is 36.3 Å². The molecule has 12 heteroatoms. The summed E-state index contributed by atoms with van der Waals surface area (Å²) in [5, 5.41) is 38.8. The molecule has 0 bridgehead atoms. The molecular formula is C24H41NO8SWY-2. The Hall–Kier alpha value is 0.682. The van der Waals surface area contributed by atoms with E-state index in [1.807, 2.05) is 0 Å². The Morgan fingerprint density at radius 2 is 1.64 bits per heavy atom. The number of thiazole rings is 1. The van der Waals surface area contributed by atoms with Crippen molar-refractivity contribution in [1.82, 2.24) is 4.98 Å². The molecule has 9 nitrogen and oxygen atoms in total. The topological polar surface area (TPSA) is 139 Å². The smallest absolute Gasteiger partial charge is 0.411 e. The molecule has 2 fully saturated rings. The molecule has 1 aromatic heterocycles. The van der Waals surface area contributed by atoms with Crippen molar-refractivity contribution >= 4 is 17.1 Å². The first kappa shape index (κ1) is 38.8. The van der Waals surface area contributed by atoms with Gasteiger partial charge in [0.1, 0.15) is 24.4 Å². The Balaban J connectivity index is -0.000000565. The van der Waals surface area contributed by atoms with Crippen LogP contribution in [0, 0.1) is 33.6 Å². The molecular weight excluding hydrogens is 735 g/mol. The van der Waals surface area contributed by atoms with E-state index in [1.165, 1.54) is 32.9 Å². The Bertz CT molecular complexity index is 666. The Kier molecular flexibility index (Phi) is 25.4. The second-order valence-electron chi connectivity index (χ2n) is 7.63. The molecule has 5 unspecified atom stereocenters. The molecule has 207 valence electrons. The minimum absolute atomic E-state index is 0. The van der Waals surface area contributed by atoms with Gasteiger partial charge in [0.2, 0.25) is 0 Å². The summed E-state index contributed by atoms with van der Waals surface area (Å²) in [7, 11) is 1.25. The Morgan fingerprint density at radius 1 is 1.14 bits per heavy atom. The first-order valence-corrected chi connectivity index (χ1v) is 11.7. The molecule has 2 aliphatic rings. The van der Waals surface area contributed by atoms with Crippen LogP contribution in [0.5, 0.6) is 0 Å². The molecule has 2 heterocycles. The molecule has 5 atom stereocenters. The summed E-state index contributed by atoms with van der Waals surface area (Å²) < 4.78 is 20.9. The average molecular weight is 777 g/mol. The van der Waals surface area contributed by atoms with E-state index in [-0.39, 0.29) is 66.0 Å². The van der Waals surface area contributed by atoms with Gasteiger partial charge >= 0.3 is 21.1 Å². The third-order valence-corrected chi connectivity index (χ3v) is 6.14. The quantitative estimate of drug-likeness (QED) is 0.167. The predicted molar refractivity (Wildman–Crippen MR) is 131 cm³/mol. The largest absolute Gasteiger partial charge is 2.00 e. The number of hydrogen-bond donors (Lipinski definition) is 4. The van der Waals surface area contributed by atoms with Crippen LogP contribution >= 0.6 is 11.3 Å². The number of aliphatic hydroxyl groups excluding tert-OH is 4. The number of rotatable bonds is 9. The van der Waals surface area contributed by atoms with Gasteiger partial charge in [-0.15, -0.1) is 0 Å². The van der Waals surface area contributed by atoms with E-state index < -0.39 is 37.1 Å². The second kappa shape index (κ2) is 23.6. The van der Waals surface area contributed by atoms with Crippen molar-refractivity contribution in [2.75, 3.05) is 33.0 Å². The van der Waals surface area contributed by atoms with Crippen LogP contribution in [-0.2, 0) is 74.4 Å². The summed E-state index contributed by atoms with van der Waals surface area (Å²) in [4.78, 5) is 15.5. The summed E-state index contributed by atoms with van der Waals surface area (Å²) >= 11 is 1.13. The molecule has 1 aromatic rings. The first-order valence-electron chi connectivity index (χ1n) is 11.9. The van der Waals surface area contributed by atoms with Crippen molar-refractivity contribution in [2.45, 2.75) is 63.6 Å². The number of ether oxygens (including phenoxy) is 3. The van der Waals surface area contributed by atoms with Crippen LogP contribution in [0.1, 0.15) is 42.7 Å². The molecule has 1 aliphatic carbocycles. The maximum Gasteiger partial charge on any atom is 2.00 e. The molecule has 0 spiro atoms. The molecule has 1 aliphatic heterocycles. The number of aromatic nitrogens is 1. The van der Waals surface area contributed by atoms with Gasteiger partial charge in [0.15, 0.2) is 0 Å². The van der Waals surface area contributed by atoms with Crippen molar-refractivity contribution in [2.24, 2.45) is 5.92 Å². The van der Waals surface area contributed by atoms with Gasteiger partial charge in [0.05, 0.1) is 30.9 Å². The second-order valence-corrected chi connectivity index (χ2v) is 8.75. The van der Waals surface area contributed by atoms with Gasteiger partial charge in [-0.3, -0.25) is 4.98 Å². The maximum absolute atomic E-state index is 11.1. The van der Waals surface area contributed by atoms with Gasteiger partial charge in [-0.25, -0.2) is 11.3 Å². The molecule has 36 heavy (non-hydrogen) atoms. The molecule has 1 radical (unpaired) electrons. The third-order valence-electron chi connectivity index (χ3n) is 5.08. The fourth-order valence-corrected chi connectivity index (χ4v) is 3.69. The zero-order valence-corrected chi connectivity index (χ0v) is 27.6. The van der Waals surface area contributed by atoms with Crippen LogP contribution in [0.25, 0.3) is 0 Å². The summed E-state index contributed by atoms with van der Waals surface area (Å²) in [5.74, 6) is 0.470. The van der Waals surface area contributed by atoms with E-state index in [4.69, 9.17) is 20.7 Å². The molecule has 0 amide bonds. The van der Waals surface area contributed by atoms with Crippen LogP contribution in [0.2, 0.25) is 0 Å². The fraction of sp³-hybridized carbons (Fsp3) is 0.667. The van der Waals surface area contributed by atoms with Crippen LogP contribution in [-0.4, -0.2) is 94.7 Å². The average Bonchev–Trinajstić information content (AvgIpc) is 3.32. The van der Waals surface area contributed by atoms with Gasteiger partial charge in [-0.1, -0.05) is 44.8 Å². The monoisotopic (exact) mass is 777 g/mol. The van der Waals surface area contributed by atoms with E-state index in [1.54, 1.807) is 0 Å². The maximum atomic E-state index is 11.1. The Labute approximate surface area is 261 Å². The van der Waals surface area contributed by atoms with Gasteiger partial charge < -0.3 is 60.2 Å². The molecule has 1 saturated heterocycles. The van der Waals surface area contributed by atoms with Gasteiger partial charge in [-0.05, 0) is 6.20 Å². The van der Waals surface area contributed by atoms with Gasteiger partial charge in [0, 0.05) is 46.3 Å². The normalized spacial score (nSPS) is 24.9.